The van der Waals surface area contributed by atoms with Gasteiger partial charge in [0.05, 0.1) is 6.61 Å². The van der Waals surface area contributed by atoms with Gasteiger partial charge in [-0.05, 0) is 22.2 Å². The molecule has 1 aromatic heterocycles. The molecule has 2 saturated heterocycles. The third-order valence-corrected chi connectivity index (χ3v) is 17.3. The van der Waals surface area contributed by atoms with Gasteiger partial charge in [0, 0.05) is 16.9 Å². The first-order chi connectivity index (χ1) is 16.2. The molecule has 3 heterocycles. The Morgan fingerprint density at radius 1 is 1.03 bits per heavy atom. The van der Waals surface area contributed by atoms with E-state index in [1.54, 1.807) is 0 Å². The monoisotopic (exact) mass is 531 g/mol. The van der Waals surface area contributed by atoms with Crippen molar-refractivity contribution in [3.05, 3.63) is 43.2 Å². The molecule has 2 aliphatic rings. The molecule has 0 aliphatic carbocycles. The highest BCUT2D eigenvalue weighted by atomic mass is 28.5. The molecule has 0 radical (unpaired) electrons. The van der Waals surface area contributed by atoms with Crippen molar-refractivity contribution in [3.63, 3.8) is 0 Å². The first-order valence-corrected chi connectivity index (χ1v) is 16.0. The van der Waals surface area contributed by atoms with Gasteiger partial charge in [0.1, 0.15) is 18.3 Å². The molecule has 0 bridgehead atoms. The molecule has 0 aromatic carbocycles. The number of aliphatic hydroxyl groups is 1. The molecule has 4 atom stereocenters. The van der Waals surface area contributed by atoms with Crippen molar-refractivity contribution < 1.29 is 27.8 Å². The van der Waals surface area contributed by atoms with Crippen LogP contribution in [-0.4, -0.2) is 61.4 Å². The van der Waals surface area contributed by atoms with Gasteiger partial charge in [-0.3, -0.25) is 9.36 Å². The first kappa shape index (κ1) is 27.9. The van der Waals surface area contributed by atoms with Gasteiger partial charge in [-0.25, -0.2) is 14.9 Å². The van der Waals surface area contributed by atoms with Crippen LogP contribution in [-0.2, 0) is 17.7 Å². The molecule has 2 fully saturated rings. The van der Waals surface area contributed by atoms with Crippen LogP contribution in [0.3, 0.4) is 0 Å². The minimum absolute atomic E-state index is 0.0135. The molecular weight excluding hydrogens is 494 g/mol. The van der Waals surface area contributed by atoms with Gasteiger partial charge in [0.25, 0.3) is 0 Å². The van der Waals surface area contributed by atoms with E-state index >= 15 is 0 Å². The van der Waals surface area contributed by atoms with Crippen molar-refractivity contribution in [2.24, 2.45) is 0 Å². The smallest absolute Gasteiger partial charge is 0.394 e. The fourth-order valence-corrected chi connectivity index (χ4v) is 16.4. The molecule has 198 valence electrons. The highest BCUT2D eigenvalue weighted by molar-refractivity contribution is 6.83. The quantitative estimate of drug-likeness (QED) is 0.332. The van der Waals surface area contributed by atoms with E-state index in [-0.39, 0.29) is 33.4 Å². The van der Waals surface area contributed by atoms with Crippen LogP contribution in [0.5, 0.6) is 0 Å². The number of aromatic nitrogens is 2. The SMILES string of the molecule is CC(C)[Si]1(C(C)C)OC[C@H]2O[C@@H](n3ccc(=O)n([N+](=O)[O-])c3=O)[C@H](O)[C@@H]2O[Si](C(C)C)(C(C)C)O1. The summed E-state index contributed by atoms with van der Waals surface area (Å²) in [5, 5.41) is 21.4. The Labute approximate surface area is 206 Å². The number of nitro groups is 1. The Balaban J connectivity index is 2.12. The second-order valence-corrected chi connectivity index (χ2v) is 19.4. The third-order valence-electron chi connectivity index (χ3n) is 7.07. The maximum atomic E-state index is 12.7. The summed E-state index contributed by atoms with van der Waals surface area (Å²) in [5.74, 6) is 0. The van der Waals surface area contributed by atoms with Crippen molar-refractivity contribution in [1.82, 2.24) is 9.24 Å². The number of rotatable bonds is 6. The average molecular weight is 532 g/mol. The molecule has 1 N–H and O–H groups in total. The zero-order chi connectivity index (χ0) is 26.5. The predicted molar refractivity (Wildman–Crippen MR) is 131 cm³/mol. The Morgan fingerprint density at radius 3 is 2.06 bits per heavy atom. The number of nitrogens with zero attached hydrogens (tertiary/aromatic N) is 3. The Morgan fingerprint density at radius 2 is 1.57 bits per heavy atom. The van der Waals surface area contributed by atoms with Gasteiger partial charge in [0.15, 0.2) is 11.3 Å². The Kier molecular flexibility index (Phi) is 7.96. The van der Waals surface area contributed by atoms with E-state index in [4.69, 9.17) is 17.7 Å². The van der Waals surface area contributed by atoms with Gasteiger partial charge >= 0.3 is 28.4 Å². The van der Waals surface area contributed by atoms with E-state index < -0.39 is 57.9 Å². The lowest BCUT2D eigenvalue weighted by atomic mass is 10.1. The van der Waals surface area contributed by atoms with Crippen molar-refractivity contribution in [3.8, 4) is 0 Å². The zero-order valence-electron chi connectivity index (χ0n) is 21.5. The predicted octanol–water partition coefficient (Wildman–Crippen LogP) is 2.26. The molecule has 3 rings (SSSR count). The summed E-state index contributed by atoms with van der Waals surface area (Å²) in [6.45, 7) is 16.6. The summed E-state index contributed by atoms with van der Waals surface area (Å²) in [5.41, 5.74) is -2.05. The second-order valence-electron chi connectivity index (χ2n) is 10.5. The van der Waals surface area contributed by atoms with Gasteiger partial charge in [0.2, 0.25) is 0 Å². The van der Waals surface area contributed by atoms with Crippen LogP contribution < -0.4 is 11.2 Å². The fourth-order valence-electron chi connectivity index (χ4n) is 5.19. The van der Waals surface area contributed by atoms with Crippen LogP contribution in [0.2, 0.25) is 22.2 Å². The van der Waals surface area contributed by atoms with Gasteiger partial charge in [-0.2, -0.15) is 0 Å². The highest BCUT2D eigenvalue weighted by Crippen LogP contribution is 2.48. The highest BCUT2D eigenvalue weighted by Gasteiger charge is 2.61. The van der Waals surface area contributed by atoms with Crippen molar-refractivity contribution in [1.29, 1.82) is 0 Å². The summed E-state index contributed by atoms with van der Waals surface area (Å²) in [6.07, 6.45) is -3.18. The number of hydrogen-bond acceptors (Lipinski definition) is 9. The average Bonchev–Trinajstić information content (AvgIpc) is 3.01. The van der Waals surface area contributed by atoms with Gasteiger partial charge < -0.3 is 22.8 Å². The van der Waals surface area contributed by atoms with E-state index in [0.717, 1.165) is 16.8 Å². The minimum Gasteiger partial charge on any atom is -0.414 e. The van der Waals surface area contributed by atoms with Crippen LogP contribution >= 0.6 is 0 Å². The largest absolute Gasteiger partial charge is 0.414 e. The fraction of sp³-hybridized carbons (Fsp3) is 0.810. The molecule has 0 saturated carbocycles. The molecule has 0 spiro atoms. The lowest BCUT2D eigenvalue weighted by molar-refractivity contribution is -0.549. The molecule has 35 heavy (non-hydrogen) atoms. The number of aliphatic hydroxyl groups excluding tert-OH is 1. The maximum Gasteiger partial charge on any atom is 0.394 e. The maximum absolute atomic E-state index is 12.7. The Hall–Kier alpha value is -1.69. The van der Waals surface area contributed by atoms with E-state index in [1.807, 2.05) is 27.7 Å². The molecule has 12 nitrogen and oxygen atoms in total. The number of hydrogen-bond donors (Lipinski definition) is 1. The molecule has 0 unspecified atom stereocenters. The number of ether oxygens (including phenoxy) is 1. The second kappa shape index (κ2) is 9.99. The molecule has 14 heteroatoms. The molecular formula is C21H37N3O9Si2. The zero-order valence-corrected chi connectivity index (χ0v) is 23.5. The summed E-state index contributed by atoms with van der Waals surface area (Å²) < 4.78 is 27.2. The van der Waals surface area contributed by atoms with Gasteiger partial charge in [-0.1, -0.05) is 55.4 Å². The molecule has 0 amide bonds. The minimum atomic E-state index is -3.04. The lowest BCUT2D eigenvalue weighted by Crippen LogP contribution is -2.65. The summed E-state index contributed by atoms with van der Waals surface area (Å²) in [4.78, 5) is 35.9. The third kappa shape index (κ3) is 4.60. The normalized spacial score (nSPS) is 28.4. The Bertz CT molecular complexity index is 1040. The lowest BCUT2D eigenvalue weighted by Gasteiger charge is -2.51. The molecule has 2 aliphatic heterocycles. The van der Waals surface area contributed by atoms with E-state index in [1.165, 1.54) is 0 Å². The standard InChI is InChI=1S/C21H37N3O9Si2/c1-12(2)34(13(3)4)30-11-16-19(32-35(33-34,14(5)6)15(7)8)18(26)20(31-16)22-10-9-17(25)23(21(22)27)24(28)29/h9-10,12-16,18-20,26H,11H2,1-8H3/t16-,18-,19-,20-/m1/s1. The van der Waals surface area contributed by atoms with Gasteiger partial charge in [-0.15, -0.1) is 0 Å². The van der Waals surface area contributed by atoms with E-state index in [9.17, 15) is 24.8 Å². The summed E-state index contributed by atoms with van der Waals surface area (Å²) >= 11 is 0. The van der Waals surface area contributed by atoms with Crippen molar-refractivity contribution >= 4 is 17.1 Å². The van der Waals surface area contributed by atoms with Crippen molar-refractivity contribution in [2.75, 3.05) is 6.61 Å². The van der Waals surface area contributed by atoms with Crippen LogP contribution in [0.15, 0.2) is 21.9 Å². The molecule has 1 aromatic rings. The van der Waals surface area contributed by atoms with Crippen LogP contribution in [0.25, 0.3) is 0 Å². The van der Waals surface area contributed by atoms with Crippen LogP contribution in [0, 0.1) is 10.1 Å². The summed E-state index contributed by atoms with van der Waals surface area (Å²) in [6, 6.07) is 0.887. The first-order valence-electron chi connectivity index (χ1n) is 12.0. The van der Waals surface area contributed by atoms with E-state index in [2.05, 4.69) is 27.7 Å². The van der Waals surface area contributed by atoms with E-state index in [0.29, 0.717) is 0 Å². The number of fused-ring (bicyclic) bond motifs is 1. The summed E-state index contributed by atoms with van der Waals surface area (Å²) in [7, 11) is -5.88. The van der Waals surface area contributed by atoms with Crippen LogP contribution in [0.4, 0.5) is 0 Å². The van der Waals surface area contributed by atoms with Crippen molar-refractivity contribution in [2.45, 2.75) is 102 Å². The van der Waals surface area contributed by atoms with Crippen LogP contribution in [0.1, 0.15) is 61.6 Å². The topological polar surface area (TPSA) is 144 Å².